The van der Waals surface area contributed by atoms with E-state index in [-0.39, 0.29) is 41.7 Å². The Hall–Kier alpha value is -3.94. The molecule has 0 aliphatic heterocycles. The molecule has 2 amide bonds. The minimum atomic E-state index is -2.73. The van der Waals surface area contributed by atoms with Crippen LogP contribution in [0.3, 0.4) is 0 Å². The maximum atomic E-state index is 14.0. The molecule has 42 heavy (non-hydrogen) atoms. The molecule has 2 unspecified atom stereocenters. The number of carbonyl (C=O) groups is 4. The number of fused-ring (bicyclic) bond motifs is 3. The van der Waals surface area contributed by atoms with Crippen molar-refractivity contribution in [2.75, 3.05) is 45.0 Å². The number of rotatable bonds is 6. The van der Waals surface area contributed by atoms with Crippen LogP contribution in [0.15, 0.2) is 23.0 Å². The van der Waals surface area contributed by atoms with Crippen LogP contribution >= 0.6 is 0 Å². The topological polar surface area (TPSA) is 206 Å². The van der Waals surface area contributed by atoms with Gasteiger partial charge >= 0.3 is 0 Å². The molecule has 4 atom stereocenters. The Bertz CT molecular complexity index is 1450. The summed E-state index contributed by atoms with van der Waals surface area (Å²) >= 11 is 0. The Balaban J connectivity index is 1.89. The fraction of sp³-hybridized carbons (Fsp3) is 0.517. The Morgan fingerprint density at radius 1 is 1.12 bits per heavy atom. The number of aliphatic hydroxyl groups excluding tert-OH is 2. The van der Waals surface area contributed by atoms with Gasteiger partial charge in [0.25, 0.3) is 5.91 Å². The average Bonchev–Trinajstić information content (AvgIpc) is 2.85. The normalized spacial score (nSPS) is 25.7. The van der Waals surface area contributed by atoms with Crippen LogP contribution in [0, 0.1) is 11.8 Å². The smallest absolute Gasteiger partial charge is 0.255 e. The number of nitrogens with zero attached hydrogens (tertiary/aromatic N) is 2. The van der Waals surface area contributed by atoms with Gasteiger partial charge in [-0.25, -0.2) is 0 Å². The van der Waals surface area contributed by atoms with Crippen LogP contribution < -0.4 is 21.3 Å². The van der Waals surface area contributed by atoms with Crippen molar-refractivity contribution in [1.29, 1.82) is 0 Å². The summed E-state index contributed by atoms with van der Waals surface area (Å²) in [7, 11) is 6.58. The van der Waals surface area contributed by atoms with E-state index in [4.69, 9.17) is 5.73 Å². The number of anilines is 2. The zero-order valence-corrected chi connectivity index (χ0v) is 24.8. The molecule has 0 saturated heterocycles. The van der Waals surface area contributed by atoms with Gasteiger partial charge in [0, 0.05) is 36.8 Å². The predicted octanol–water partition coefficient (Wildman–Crippen LogP) is 0.357. The molecule has 1 aromatic rings. The third-order valence-electron chi connectivity index (χ3n) is 8.23. The molecule has 4 rings (SSSR count). The van der Waals surface area contributed by atoms with Crippen LogP contribution in [-0.4, -0.2) is 101 Å². The van der Waals surface area contributed by atoms with Crippen molar-refractivity contribution in [2.45, 2.75) is 50.8 Å². The van der Waals surface area contributed by atoms with Crippen molar-refractivity contribution in [1.82, 2.24) is 10.2 Å². The predicted molar refractivity (Wildman–Crippen MR) is 155 cm³/mol. The lowest BCUT2D eigenvalue weighted by Gasteiger charge is -2.50. The molecule has 0 aromatic heterocycles. The highest BCUT2D eigenvalue weighted by atomic mass is 16.3. The summed E-state index contributed by atoms with van der Waals surface area (Å²) in [6.45, 7) is 5.62. The molecule has 228 valence electrons. The average molecular weight is 586 g/mol. The molecule has 1 aromatic carbocycles. The molecule has 13 heteroatoms. The van der Waals surface area contributed by atoms with Gasteiger partial charge < -0.3 is 41.7 Å². The van der Waals surface area contributed by atoms with Gasteiger partial charge in [0.1, 0.15) is 22.8 Å². The maximum absolute atomic E-state index is 14.0. The number of primary amides is 1. The summed E-state index contributed by atoms with van der Waals surface area (Å²) in [5.74, 6) is -7.79. The quantitative estimate of drug-likeness (QED) is 0.179. The lowest BCUT2D eigenvalue weighted by molar-refractivity contribution is -0.153. The number of hydrogen-bond acceptors (Lipinski definition) is 11. The highest BCUT2D eigenvalue weighted by Gasteiger charge is 2.64. The molecule has 0 heterocycles. The molecule has 3 aliphatic rings. The van der Waals surface area contributed by atoms with E-state index in [9.17, 15) is 39.6 Å². The van der Waals surface area contributed by atoms with E-state index in [2.05, 4.69) is 10.6 Å². The number of aromatic hydroxyl groups is 1. The number of ketones is 2. The second kappa shape index (κ2) is 10.4. The Morgan fingerprint density at radius 3 is 2.26 bits per heavy atom. The lowest BCUT2D eigenvalue weighted by Crippen LogP contribution is -2.65. The van der Waals surface area contributed by atoms with Gasteiger partial charge in [-0.05, 0) is 65.3 Å². The van der Waals surface area contributed by atoms with Crippen molar-refractivity contribution in [2.24, 2.45) is 17.6 Å². The van der Waals surface area contributed by atoms with Crippen LogP contribution in [0.2, 0.25) is 0 Å². The van der Waals surface area contributed by atoms with Crippen LogP contribution in [0.5, 0.6) is 5.75 Å². The van der Waals surface area contributed by atoms with Gasteiger partial charge in [0.05, 0.1) is 23.8 Å². The first-order valence-electron chi connectivity index (χ1n) is 13.6. The fourth-order valence-corrected chi connectivity index (χ4v) is 6.33. The first-order valence-corrected chi connectivity index (χ1v) is 13.6. The van der Waals surface area contributed by atoms with Gasteiger partial charge in [-0.1, -0.05) is 0 Å². The molecule has 0 spiro atoms. The standard InChI is InChI=1S/C29H39N5O8/c1-28(2,3)31-11-17(35)32-15-10-16(33(4)5)13-8-12-9-14-21(34(6)7)24(38)20(27(30)41)26(40)29(14,42)25(39)18(12)23(37)19(13)22(15)36/h10,12,14,21,31,36-37,40,42H,8-9,11H2,1-7H3,(H2,30,41)(H,32,35)/t12-,14?,21+,29?/m0/s1. The van der Waals surface area contributed by atoms with E-state index in [1.807, 2.05) is 20.8 Å². The van der Waals surface area contributed by atoms with Gasteiger partial charge in [0.2, 0.25) is 11.7 Å². The van der Waals surface area contributed by atoms with E-state index < -0.39 is 69.7 Å². The van der Waals surface area contributed by atoms with Crippen LogP contribution in [-0.2, 0) is 25.6 Å². The number of amides is 2. The zero-order chi connectivity index (χ0) is 31.6. The molecule has 0 radical (unpaired) electrons. The molecule has 1 saturated carbocycles. The summed E-state index contributed by atoms with van der Waals surface area (Å²) in [4.78, 5) is 55.3. The molecular formula is C29H39N5O8. The zero-order valence-electron chi connectivity index (χ0n) is 24.8. The van der Waals surface area contributed by atoms with Gasteiger partial charge in [0.15, 0.2) is 11.4 Å². The van der Waals surface area contributed by atoms with Crippen molar-refractivity contribution < 1.29 is 39.6 Å². The minimum absolute atomic E-state index is 0.00158. The van der Waals surface area contributed by atoms with Crippen LogP contribution in [0.1, 0.15) is 38.3 Å². The summed E-state index contributed by atoms with van der Waals surface area (Å²) in [6, 6.07) is 0.409. The fourth-order valence-electron chi connectivity index (χ4n) is 6.33. The van der Waals surface area contributed by atoms with E-state index in [1.54, 1.807) is 39.2 Å². The number of Topliss-reactive ketones (excluding diaryl/α,β-unsaturated/α-hetero) is 2. The van der Waals surface area contributed by atoms with Crippen molar-refractivity contribution >= 4 is 40.5 Å². The molecule has 13 nitrogen and oxygen atoms in total. The first kappa shape index (κ1) is 31.0. The summed E-state index contributed by atoms with van der Waals surface area (Å²) in [5.41, 5.74) is 2.11. The number of likely N-dealkylation sites (N-methyl/N-ethyl adjacent to an activating group) is 1. The minimum Gasteiger partial charge on any atom is -0.508 e. The number of phenolic OH excluding ortho intramolecular Hbond substituents is 1. The lowest BCUT2D eigenvalue weighted by atomic mass is 9.57. The Kier molecular flexibility index (Phi) is 7.68. The number of nitrogens with one attached hydrogen (secondary N) is 2. The second-order valence-electron chi connectivity index (χ2n) is 12.7. The van der Waals surface area contributed by atoms with Crippen LogP contribution in [0.4, 0.5) is 11.4 Å². The van der Waals surface area contributed by atoms with Crippen molar-refractivity contribution in [3.05, 3.63) is 34.1 Å². The van der Waals surface area contributed by atoms with E-state index in [1.165, 1.54) is 4.90 Å². The summed E-state index contributed by atoms with van der Waals surface area (Å²) < 4.78 is 0. The SMILES string of the molecule is CN(C)c1cc(NC(=O)CNC(C)(C)C)c(O)c2c1C[C@H]1CC3[C@@H](N(C)C)C(=O)C(C(N)=O)=C(O)C3(O)C(=O)C1=C2O. The Morgan fingerprint density at radius 2 is 1.74 bits per heavy atom. The number of nitrogens with two attached hydrogens (primary N) is 1. The number of aliphatic hydroxyl groups is 3. The Labute approximate surface area is 243 Å². The maximum Gasteiger partial charge on any atom is 0.255 e. The van der Waals surface area contributed by atoms with Crippen molar-refractivity contribution in [3.8, 4) is 5.75 Å². The number of carbonyl (C=O) groups excluding carboxylic acids is 4. The highest BCUT2D eigenvalue weighted by Crippen LogP contribution is 2.54. The van der Waals surface area contributed by atoms with Gasteiger partial charge in [-0.2, -0.15) is 0 Å². The number of benzene rings is 1. The monoisotopic (exact) mass is 585 g/mol. The van der Waals surface area contributed by atoms with Gasteiger partial charge in [-0.3, -0.25) is 24.1 Å². The van der Waals surface area contributed by atoms with E-state index in [0.29, 0.717) is 11.3 Å². The number of hydrogen-bond donors (Lipinski definition) is 7. The van der Waals surface area contributed by atoms with Crippen molar-refractivity contribution in [3.63, 3.8) is 0 Å². The first-order chi connectivity index (χ1) is 19.3. The summed E-state index contributed by atoms with van der Waals surface area (Å²) in [6.07, 6.45) is 0.117. The molecule has 8 N–H and O–H groups in total. The largest absolute Gasteiger partial charge is 0.508 e. The molecule has 3 aliphatic carbocycles. The third kappa shape index (κ3) is 4.80. The van der Waals surface area contributed by atoms with Gasteiger partial charge in [-0.15, -0.1) is 0 Å². The molecule has 1 fully saturated rings. The number of phenols is 1. The van der Waals surface area contributed by atoms with Crippen LogP contribution in [0.25, 0.3) is 5.76 Å². The summed E-state index contributed by atoms with van der Waals surface area (Å²) in [5, 5.41) is 51.3. The van der Waals surface area contributed by atoms with E-state index >= 15 is 0 Å². The molecular weight excluding hydrogens is 546 g/mol. The molecule has 0 bridgehead atoms. The third-order valence-corrected chi connectivity index (χ3v) is 8.23. The van der Waals surface area contributed by atoms with E-state index in [0.717, 1.165) is 0 Å². The second-order valence-corrected chi connectivity index (χ2v) is 12.7. The highest BCUT2D eigenvalue weighted by molar-refractivity contribution is 6.24.